The number of aromatic nitrogens is 4. The number of hydrogen-bond donors (Lipinski definition) is 1. The molecule has 0 fully saturated rings. The van der Waals surface area contributed by atoms with Crippen molar-refractivity contribution in [3.8, 4) is 22.6 Å². The molecule has 1 N–H and O–H groups in total. The van der Waals surface area contributed by atoms with Crippen molar-refractivity contribution < 1.29 is 13.2 Å². The molecule has 0 unspecified atom stereocenters. The highest BCUT2D eigenvalue weighted by Gasteiger charge is 2.33. The second kappa shape index (κ2) is 6.87. The average Bonchev–Trinajstić information content (AvgIpc) is 3.20. The second-order valence-corrected chi connectivity index (χ2v) is 8.62. The van der Waals surface area contributed by atoms with Crippen molar-refractivity contribution in [1.82, 2.24) is 19.7 Å². The zero-order valence-corrected chi connectivity index (χ0v) is 17.7. The Hall–Kier alpha value is -2.80. The third-order valence-electron chi connectivity index (χ3n) is 4.95. The number of benzene rings is 2. The van der Waals surface area contributed by atoms with E-state index >= 15 is 0 Å². The Bertz CT molecular complexity index is 1250. The van der Waals surface area contributed by atoms with Crippen LogP contribution < -0.4 is 0 Å². The summed E-state index contributed by atoms with van der Waals surface area (Å²) >= 11 is 6.61. The quantitative estimate of drug-likeness (QED) is 0.388. The number of H-pyrrole nitrogens is 1. The van der Waals surface area contributed by atoms with Crippen LogP contribution in [0, 0.1) is 0 Å². The lowest BCUT2D eigenvalue weighted by Crippen LogP contribution is -2.12. The van der Waals surface area contributed by atoms with E-state index in [-0.39, 0.29) is 11.0 Å². The fraction of sp³-hybridized carbons (Fsp3) is 0.273. The van der Waals surface area contributed by atoms with Crippen molar-refractivity contribution in [2.75, 3.05) is 0 Å². The number of rotatable bonds is 2. The summed E-state index contributed by atoms with van der Waals surface area (Å²) in [7, 11) is 1.79. The molecule has 0 spiro atoms. The normalized spacial score (nSPS) is 12.7. The minimum atomic E-state index is -4.43. The lowest BCUT2D eigenvalue weighted by Gasteiger charge is -2.15. The van der Waals surface area contributed by atoms with Gasteiger partial charge in [0.2, 0.25) is 0 Å². The van der Waals surface area contributed by atoms with Crippen molar-refractivity contribution in [2.24, 2.45) is 7.05 Å². The maximum Gasteiger partial charge on any atom is 0.417 e. The number of alkyl halides is 3. The molecule has 0 aliphatic rings. The summed E-state index contributed by atoms with van der Waals surface area (Å²) < 4.78 is 41.9. The predicted molar refractivity (Wildman–Crippen MR) is 112 cm³/mol. The lowest BCUT2D eigenvalue weighted by molar-refractivity contribution is -0.137. The standard InChI is InChI=1S/C22H20ClF3N4/c1-21(2,3)19-17(23)18(30(4)29-19)20-27-15-10-9-12(11-16(15)28-20)13-7-5-6-8-14(13)22(24,25)26/h5-11H,1-4H3,(H,27,28). The fourth-order valence-electron chi connectivity index (χ4n) is 3.51. The Morgan fingerprint density at radius 2 is 1.73 bits per heavy atom. The minimum Gasteiger partial charge on any atom is -0.337 e. The maximum atomic E-state index is 13.4. The molecule has 2 aromatic carbocycles. The van der Waals surface area contributed by atoms with E-state index in [4.69, 9.17) is 11.6 Å². The Kier molecular flexibility index (Phi) is 4.69. The number of fused-ring (bicyclic) bond motifs is 1. The first-order valence-corrected chi connectivity index (χ1v) is 9.74. The Balaban J connectivity index is 1.84. The molecule has 8 heteroatoms. The Labute approximate surface area is 176 Å². The number of nitrogens with one attached hydrogen (secondary N) is 1. The molecule has 4 aromatic rings. The molecule has 0 radical (unpaired) electrons. The van der Waals surface area contributed by atoms with E-state index in [1.54, 1.807) is 36.0 Å². The van der Waals surface area contributed by atoms with E-state index in [1.165, 1.54) is 12.1 Å². The summed E-state index contributed by atoms with van der Waals surface area (Å²) in [5.41, 5.74) is 2.30. The van der Waals surface area contributed by atoms with Crippen LogP contribution in [-0.2, 0) is 18.6 Å². The fourth-order valence-corrected chi connectivity index (χ4v) is 4.04. The molecule has 2 heterocycles. The van der Waals surface area contributed by atoms with Crippen LogP contribution in [-0.4, -0.2) is 19.7 Å². The van der Waals surface area contributed by atoms with Gasteiger partial charge in [-0.15, -0.1) is 0 Å². The molecular formula is C22H20ClF3N4. The number of aryl methyl sites for hydroxylation is 1. The summed E-state index contributed by atoms with van der Waals surface area (Å²) in [6.07, 6.45) is -4.43. The molecule has 4 rings (SSSR count). The molecule has 0 saturated heterocycles. The van der Waals surface area contributed by atoms with Crippen molar-refractivity contribution in [3.05, 3.63) is 58.7 Å². The third-order valence-corrected chi connectivity index (χ3v) is 5.31. The van der Waals surface area contributed by atoms with E-state index in [9.17, 15) is 13.2 Å². The molecule has 4 nitrogen and oxygen atoms in total. The summed E-state index contributed by atoms with van der Waals surface area (Å²) in [6, 6.07) is 10.5. The van der Waals surface area contributed by atoms with Gasteiger partial charge in [-0.2, -0.15) is 18.3 Å². The highest BCUT2D eigenvalue weighted by Crippen LogP contribution is 2.39. The molecule has 0 bridgehead atoms. The van der Waals surface area contributed by atoms with Gasteiger partial charge in [-0.25, -0.2) is 4.98 Å². The zero-order valence-electron chi connectivity index (χ0n) is 16.9. The van der Waals surface area contributed by atoms with Crippen LogP contribution in [0.2, 0.25) is 5.02 Å². The average molecular weight is 433 g/mol. The van der Waals surface area contributed by atoms with Gasteiger partial charge < -0.3 is 4.98 Å². The number of hydrogen-bond acceptors (Lipinski definition) is 2. The molecule has 156 valence electrons. The van der Waals surface area contributed by atoms with Crippen LogP contribution in [0.5, 0.6) is 0 Å². The summed E-state index contributed by atoms with van der Waals surface area (Å²) in [5, 5.41) is 5.04. The van der Waals surface area contributed by atoms with Crippen LogP contribution in [0.4, 0.5) is 13.2 Å². The topological polar surface area (TPSA) is 46.5 Å². The molecule has 0 atom stereocenters. The van der Waals surface area contributed by atoms with Gasteiger partial charge in [0.15, 0.2) is 5.82 Å². The summed E-state index contributed by atoms with van der Waals surface area (Å²) in [5.74, 6) is 0.516. The summed E-state index contributed by atoms with van der Waals surface area (Å²) in [4.78, 5) is 7.77. The molecule has 0 saturated carbocycles. The van der Waals surface area contributed by atoms with Crippen molar-refractivity contribution >= 4 is 22.6 Å². The molecule has 2 aromatic heterocycles. The van der Waals surface area contributed by atoms with Crippen LogP contribution >= 0.6 is 11.6 Å². The first-order chi connectivity index (χ1) is 14.0. The number of imidazole rings is 1. The van der Waals surface area contributed by atoms with Crippen LogP contribution in [0.3, 0.4) is 0 Å². The van der Waals surface area contributed by atoms with E-state index in [2.05, 4.69) is 15.1 Å². The van der Waals surface area contributed by atoms with Crippen molar-refractivity contribution in [3.63, 3.8) is 0 Å². The highest BCUT2D eigenvalue weighted by atomic mass is 35.5. The van der Waals surface area contributed by atoms with Crippen molar-refractivity contribution in [2.45, 2.75) is 32.4 Å². The molecule has 30 heavy (non-hydrogen) atoms. The van der Waals surface area contributed by atoms with Gasteiger partial charge in [-0.3, -0.25) is 4.68 Å². The Morgan fingerprint density at radius 1 is 1.03 bits per heavy atom. The van der Waals surface area contributed by atoms with Crippen LogP contribution in [0.1, 0.15) is 32.0 Å². The highest BCUT2D eigenvalue weighted by molar-refractivity contribution is 6.33. The smallest absolute Gasteiger partial charge is 0.337 e. The SMILES string of the molecule is Cn1nc(C(C)(C)C)c(Cl)c1-c1nc2ccc(-c3ccccc3C(F)(F)F)cc2[nH]1. The lowest BCUT2D eigenvalue weighted by atomic mass is 9.92. The first-order valence-electron chi connectivity index (χ1n) is 9.36. The number of nitrogens with zero attached hydrogens (tertiary/aromatic N) is 3. The largest absolute Gasteiger partial charge is 0.417 e. The van der Waals surface area contributed by atoms with Gasteiger partial charge in [0, 0.05) is 12.5 Å². The molecule has 0 amide bonds. The van der Waals surface area contributed by atoms with Gasteiger partial charge in [0.05, 0.1) is 27.3 Å². The van der Waals surface area contributed by atoms with E-state index < -0.39 is 11.7 Å². The van der Waals surface area contributed by atoms with Crippen molar-refractivity contribution in [1.29, 1.82) is 0 Å². The van der Waals surface area contributed by atoms with Gasteiger partial charge >= 0.3 is 6.18 Å². The minimum absolute atomic E-state index is 0.122. The first kappa shape index (κ1) is 20.5. The van der Waals surface area contributed by atoms with E-state index in [0.717, 1.165) is 11.8 Å². The Morgan fingerprint density at radius 3 is 2.37 bits per heavy atom. The van der Waals surface area contributed by atoms with Gasteiger partial charge in [-0.05, 0) is 29.3 Å². The summed E-state index contributed by atoms with van der Waals surface area (Å²) in [6.45, 7) is 6.07. The van der Waals surface area contributed by atoms with Crippen LogP contribution in [0.15, 0.2) is 42.5 Å². The number of halogens is 4. The molecular weight excluding hydrogens is 413 g/mol. The zero-order chi connectivity index (χ0) is 21.8. The van der Waals surface area contributed by atoms with E-state index in [1.807, 2.05) is 20.8 Å². The van der Waals surface area contributed by atoms with E-state index in [0.29, 0.717) is 33.1 Å². The molecule has 0 aliphatic heterocycles. The third kappa shape index (κ3) is 3.47. The second-order valence-electron chi connectivity index (χ2n) is 8.25. The predicted octanol–water partition coefficient (Wildman–Crippen LogP) is 6.60. The molecule has 0 aliphatic carbocycles. The van der Waals surface area contributed by atoms with Gasteiger partial charge in [0.1, 0.15) is 5.69 Å². The van der Waals surface area contributed by atoms with Crippen LogP contribution in [0.25, 0.3) is 33.7 Å². The maximum absolute atomic E-state index is 13.4. The van der Waals surface area contributed by atoms with Gasteiger partial charge in [-0.1, -0.05) is 56.6 Å². The number of aromatic amines is 1. The van der Waals surface area contributed by atoms with Gasteiger partial charge in [0.25, 0.3) is 0 Å². The monoisotopic (exact) mass is 432 g/mol.